The molecule has 0 amide bonds. The van der Waals surface area contributed by atoms with Crippen LogP contribution >= 0.6 is 0 Å². The predicted octanol–water partition coefficient (Wildman–Crippen LogP) is 1.86. The van der Waals surface area contributed by atoms with Gasteiger partial charge < -0.3 is 10.5 Å². The van der Waals surface area contributed by atoms with E-state index in [0.717, 1.165) is 26.2 Å². The third-order valence-corrected chi connectivity index (χ3v) is 3.50. The van der Waals surface area contributed by atoms with Crippen LogP contribution in [0, 0.1) is 5.41 Å². The molecule has 0 saturated carbocycles. The van der Waals surface area contributed by atoms with Crippen molar-refractivity contribution in [3.8, 4) is 0 Å². The first-order valence-corrected chi connectivity index (χ1v) is 6.56. The van der Waals surface area contributed by atoms with Crippen molar-refractivity contribution in [3.05, 3.63) is 0 Å². The maximum Gasteiger partial charge on any atom is 0.0703 e. The fraction of sp³-hybridized carbons (Fsp3) is 1.00. The number of rotatable bonds is 6. The van der Waals surface area contributed by atoms with Crippen LogP contribution in [0.2, 0.25) is 0 Å². The Hall–Kier alpha value is -0.120. The monoisotopic (exact) mass is 228 g/mol. The number of hydrogen-bond donors (Lipinski definition) is 1. The van der Waals surface area contributed by atoms with Gasteiger partial charge in [-0.15, -0.1) is 0 Å². The Labute approximate surface area is 100 Å². The molecule has 1 saturated heterocycles. The summed E-state index contributed by atoms with van der Waals surface area (Å²) < 4.78 is 5.67. The molecule has 0 aromatic carbocycles. The first kappa shape index (κ1) is 13.9. The van der Waals surface area contributed by atoms with Gasteiger partial charge in [0.1, 0.15) is 0 Å². The van der Waals surface area contributed by atoms with Gasteiger partial charge in [-0.3, -0.25) is 4.90 Å². The highest BCUT2D eigenvalue weighted by molar-refractivity contribution is 4.85. The molecule has 0 aliphatic carbocycles. The zero-order valence-electron chi connectivity index (χ0n) is 11.3. The van der Waals surface area contributed by atoms with E-state index in [4.69, 9.17) is 10.5 Å². The van der Waals surface area contributed by atoms with Gasteiger partial charge in [-0.1, -0.05) is 20.8 Å². The van der Waals surface area contributed by atoms with Crippen molar-refractivity contribution in [1.29, 1.82) is 0 Å². The molecule has 1 aliphatic rings. The van der Waals surface area contributed by atoms with Gasteiger partial charge in [0.25, 0.3) is 0 Å². The molecule has 0 aromatic rings. The molecular weight excluding hydrogens is 200 g/mol. The molecule has 2 N–H and O–H groups in total. The molecule has 1 rings (SSSR count). The van der Waals surface area contributed by atoms with Gasteiger partial charge in [-0.2, -0.15) is 0 Å². The van der Waals surface area contributed by atoms with E-state index in [1.807, 2.05) is 0 Å². The van der Waals surface area contributed by atoms with Crippen molar-refractivity contribution in [2.24, 2.45) is 11.1 Å². The van der Waals surface area contributed by atoms with Crippen LogP contribution in [0.25, 0.3) is 0 Å². The zero-order valence-corrected chi connectivity index (χ0v) is 11.3. The van der Waals surface area contributed by atoms with Crippen LogP contribution < -0.4 is 5.73 Å². The minimum Gasteiger partial charge on any atom is -0.377 e. The molecular formula is C13H28N2O. The Kier molecular flexibility index (Phi) is 5.22. The van der Waals surface area contributed by atoms with Gasteiger partial charge in [0.05, 0.1) is 6.10 Å². The predicted molar refractivity (Wildman–Crippen MR) is 68.5 cm³/mol. The zero-order chi connectivity index (χ0) is 12.2. The summed E-state index contributed by atoms with van der Waals surface area (Å²) in [6, 6.07) is 0.589. The van der Waals surface area contributed by atoms with Crippen molar-refractivity contribution in [1.82, 2.24) is 4.90 Å². The average Bonchev–Trinajstić information content (AvgIpc) is 2.64. The van der Waals surface area contributed by atoms with Gasteiger partial charge in [-0.25, -0.2) is 0 Å². The SMILES string of the molecule is CCCN(CC(C)(C)CN)C1CCOC1C. The van der Waals surface area contributed by atoms with Gasteiger partial charge in [0, 0.05) is 19.2 Å². The summed E-state index contributed by atoms with van der Waals surface area (Å²) in [5, 5.41) is 0. The maximum absolute atomic E-state index is 5.83. The molecule has 3 heteroatoms. The smallest absolute Gasteiger partial charge is 0.0703 e. The van der Waals surface area contributed by atoms with Crippen LogP contribution in [0.5, 0.6) is 0 Å². The van der Waals surface area contributed by atoms with Crippen LogP contribution in [-0.2, 0) is 4.74 Å². The van der Waals surface area contributed by atoms with Crippen molar-refractivity contribution in [3.63, 3.8) is 0 Å². The Bertz CT molecular complexity index is 206. The quantitative estimate of drug-likeness (QED) is 0.754. The Morgan fingerprint density at radius 2 is 2.12 bits per heavy atom. The van der Waals surface area contributed by atoms with Gasteiger partial charge in [-0.05, 0) is 38.3 Å². The lowest BCUT2D eigenvalue weighted by molar-refractivity contribution is 0.0574. The highest BCUT2D eigenvalue weighted by Gasteiger charge is 2.32. The number of nitrogens with two attached hydrogens (primary N) is 1. The minimum atomic E-state index is 0.206. The summed E-state index contributed by atoms with van der Waals surface area (Å²) in [5.74, 6) is 0. The van der Waals surface area contributed by atoms with Crippen LogP contribution in [0.1, 0.15) is 40.5 Å². The summed E-state index contributed by atoms with van der Waals surface area (Å²) in [6.45, 7) is 12.8. The summed E-state index contributed by atoms with van der Waals surface area (Å²) in [6.07, 6.45) is 2.74. The molecule has 1 aliphatic heterocycles. The topological polar surface area (TPSA) is 38.5 Å². The third-order valence-electron chi connectivity index (χ3n) is 3.50. The van der Waals surface area contributed by atoms with Crippen molar-refractivity contribution in [2.75, 3.05) is 26.2 Å². The van der Waals surface area contributed by atoms with Crippen molar-refractivity contribution in [2.45, 2.75) is 52.7 Å². The number of ether oxygens (including phenoxy) is 1. The molecule has 1 heterocycles. The number of hydrogen-bond acceptors (Lipinski definition) is 3. The van der Waals surface area contributed by atoms with Crippen molar-refractivity contribution < 1.29 is 4.74 Å². The second kappa shape index (κ2) is 5.99. The van der Waals surface area contributed by atoms with E-state index in [1.165, 1.54) is 12.8 Å². The highest BCUT2D eigenvalue weighted by Crippen LogP contribution is 2.24. The van der Waals surface area contributed by atoms with E-state index < -0.39 is 0 Å². The molecule has 0 bridgehead atoms. The Morgan fingerprint density at radius 1 is 1.44 bits per heavy atom. The second-order valence-electron chi connectivity index (χ2n) is 5.77. The molecule has 1 fully saturated rings. The minimum absolute atomic E-state index is 0.206. The molecule has 16 heavy (non-hydrogen) atoms. The second-order valence-corrected chi connectivity index (χ2v) is 5.77. The van der Waals surface area contributed by atoms with E-state index in [-0.39, 0.29) is 5.41 Å². The highest BCUT2D eigenvalue weighted by atomic mass is 16.5. The largest absolute Gasteiger partial charge is 0.377 e. The van der Waals surface area contributed by atoms with Crippen LogP contribution in [0.3, 0.4) is 0 Å². The fourth-order valence-electron chi connectivity index (χ4n) is 2.46. The van der Waals surface area contributed by atoms with Gasteiger partial charge >= 0.3 is 0 Å². The molecule has 2 unspecified atom stereocenters. The molecule has 0 spiro atoms. The Balaban J connectivity index is 2.59. The van der Waals surface area contributed by atoms with Crippen LogP contribution in [0.4, 0.5) is 0 Å². The first-order chi connectivity index (χ1) is 7.50. The normalized spacial score (nSPS) is 26.6. The Morgan fingerprint density at radius 3 is 2.56 bits per heavy atom. The summed E-state index contributed by atoms with van der Waals surface area (Å²) in [4.78, 5) is 2.57. The lowest BCUT2D eigenvalue weighted by Crippen LogP contribution is -2.47. The van der Waals surface area contributed by atoms with E-state index in [2.05, 4.69) is 32.6 Å². The molecule has 0 aromatic heterocycles. The third kappa shape index (κ3) is 3.72. The van der Waals surface area contributed by atoms with Gasteiger partial charge in [0.2, 0.25) is 0 Å². The van der Waals surface area contributed by atoms with E-state index >= 15 is 0 Å². The first-order valence-electron chi connectivity index (χ1n) is 6.56. The summed E-state index contributed by atoms with van der Waals surface area (Å²) >= 11 is 0. The average molecular weight is 228 g/mol. The lowest BCUT2D eigenvalue weighted by Gasteiger charge is -2.36. The molecule has 3 nitrogen and oxygen atoms in total. The van der Waals surface area contributed by atoms with Crippen LogP contribution in [-0.4, -0.2) is 43.3 Å². The standard InChI is InChI=1S/C13H28N2O/c1-5-7-15(10-13(3,4)9-14)12-6-8-16-11(12)2/h11-12H,5-10,14H2,1-4H3. The van der Waals surface area contributed by atoms with Crippen molar-refractivity contribution >= 4 is 0 Å². The maximum atomic E-state index is 5.83. The molecule has 2 atom stereocenters. The molecule has 96 valence electrons. The van der Waals surface area contributed by atoms with Crippen LogP contribution in [0.15, 0.2) is 0 Å². The van der Waals surface area contributed by atoms with E-state index in [0.29, 0.717) is 12.1 Å². The fourth-order valence-corrected chi connectivity index (χ4v) is 2.46. The number of nitrogens with zero attached hydrogens (tertiary/aromatic N) is 1. The molecule has 0 radical (unpaired) electrons. The summed E-state index contributed by atoms with van der Waals surface area (Å²) in [7, 11) is 0. The van der Waals surface area contributed by atoms with Gasteiger partial charge in [0.15, 0.2) is 0 Å². The summed E-state index contributed by atoms with van der Waals surface area (Å²) in [5.41, 5.74) is 6.03. The van der Waals surface area contributed by atoms with E-state index in [9.17, 15) is 0 Å². The lowest BCUT2D eigenvalue weighted by atomic mass is 9.91. The van der Waals surface area contributed by atoms with E-state index in [1.54, 1.807) is 0 Å².